The highest BCUT2D eigenvalue weighted by Gasteiger charge is 2.18. The Morgan fingerprint density at radius 1 is 0.604 bits per heavy atom. The van der Waals surface area contributed by atoms with Crippen LogP contribution in [0.15, 0.2) is 60.8 Å². The number of aliphatic carboxylic acids is 1. The van der Waals surface area contributed by atoms with Gasteiger partial charge in [0.25, 0.3) is 0 Å². The topological polar surface area (TPSA) is 142 Å². The van der Waals surface area contributed by atoms with Crippen molar-refractivity contribution >= 4 is 23.8 Å². The second-order valence-corrected chi connectivity index (χ2v) is 13.7. The summed E-state index contributed by atoms with van der Waals surface area (Å²) in [5.41, 5.74) is 0. The molecule has 0 rings (SSSR count). The molecule has 9 heteroatoms. The molecule has 9 nitrogen and oxygen atoms in total. The fourth-order valence-electron chi connectivity index (χ4n) is 5.55. The summed E-state index contributed by atoms with van der Waals surface area (Å²) in [4.78, 5) is 47.4. The molecule has 302 valence electrons. The van der Waals surface area contributed by atoms with Crippen LogP contribution in [0.25, 0.3) is 0 Å². The number of rotatable bonds is 36. The molecule has 0 bridgehead atoms. The van der Waals surface area contributed by atoms with Crippen LogP contribution in [-0.4, -0.2) is 59.3 Å². The largest absolute Gasteiger partial charge is 0.480 e. The van der Waals surface area contributed by atoms with Crippen LogP contribution in [0.5, 0.6) is 0 Å². The first-order valence-electron chi connectivity index (χ1n) is 20.7. The summed E-state index contributed by atoms with van der Waals surface area (Å²) in [6.07, 6.45) is 45.5. The van der Waals surface area contributed by atoms with Crippen molar-refractivity contribution in [3.05, 3.63) is 60.8 Å². The smallest absolute Gasteiger partial charge is 0.328 e. The van der Waals surface area contributed by atoms with E-state index in [-0.39, 0.29) is 30.9 Å². The van der Waals surface area contributed by atoms with Crippen molar-refractivity contribution in [2.75, 3.05) is 13.2 Å². The number of hydrogen-bond acceptors (Lipinski definition) is 6. The fraction of sp³-hybridized carbons (Fsp3) is 0.682. The fourth-order valence-corrected chi connectivity index (χ4v) is 5.55. The Kier molecular flexibility index (Phi) is 35.8. The minimum atomic E-state index is -1.39. The number of allylic oxidation sites excluding steroid dienone is 9. The number of aliphatic hydroxyl groups is 1. The lowest BCUT2D eigenvalue weighted by Gasteiger charge is -2.15. The van der Waals surface area contributed by atoms with Crippen molar-refractivity contribution in [3.63, 3.8) is 0 Å². The minimum absolute atomic E-state index is 0.128. The van der Waals surface area contributed by atoms with Gasteiger partial charge in [0.05, 0.1) is 13.2 Å². The zero-order valence-corrected chi connectivity index (χ0v) is 33.2. The lowest BCUT2D eigenvalue weighted by atomic mass is 10.1. The van der Waals surface area contributed by atoms with Gasteiger partial charge >= 0.3 is 11.9 Å². The van der Waals surface area contributed by atoms with Crippen molar-refractivity contribution in [2.45, 2.75) is 180 Å². The Morgan fingerprint density at radius 2 is 1.13 bits per heavy atom. The molecule has 0 aromatic carbocycles. The number of carboxylic acid groups (broad SMARTS) is 1. The highest BCUT2D eigenvalue weighted by molar-refractivity contribution is 5.87. The van der Waals surface area contributed by atoms with Gasteiger partial charge in [-0.2, -0.15) is 0 Å². The van der Waals surface area contributed by atoms with E-state index in [9.17, 15) is 19.2 Å². The number of nitrogens with one attached hydrogen (secondary N) is 2. The van der Waals surface area contributed by atoms with Crippen LogP contribution in [0, 0.1) is 0 Å². The molecule has 0 saturated heterocycles. The molecule has 0 fully saturated rings. The minimum Gasteiger partial charge on any atom is -0.480 e. The summed E-state index contributed by atoms with van der Waals surface area (Å²) in [5, 5.41) is 22.5. The van der Waals surface area contributed by atoms with E-state index in [0.717, 1.165) is 89.9 Å². The first-order chi connectivity index (χ1) is 25.8. The van der Waals surface area contributed by atoms with Gasteiger partial charge in [0, 0.05) is 12.8 Å². The van der Waals surface area contributed by atoms with Gasteiger partial charge in [-0.05, 0) is 83.1 Å². The van der Waals surface area contributed by atoms with Crippen LogP contribution in [0.2, 0.25) is 0 Å². The van der Waals surface area contributed by atoms with Gasteiger partial charge in [0.2, 0.25) is 11.8 Å². The lowest BCUT2D eigenvalue weighted by molar-refractivity contribution is -0.147. The van der Waals surface area contributed by atoms with Gasteiger partial charge < -0.3 is 25.6 Å². The van der Waals surface area contributed by atoms with Gasteiger partial charge in [-0.15, -0.1) is 0 Å². The van der Waals surface area contributed by atoms with Crippen LogP contribution in [0.4, 0.5) is 0 Å². The molecular formula is C44H74N2O7. The molecule has 53 heavy (non-hydrogen) atoms. The molecule has 2 unspecified atom stereocenters. The van der Waals surface area contributed by atoms with Crippen molar-refractivity contribution in [1.82, 2.24) is 10.6 Å². The van der Waals surface area contributed by atoms with E-state index in [0.29, 0.717) is 12.8 Å². The third kappa shape index (κ3) is 35.3. The maximum Gasteiger partial charge on any atom is 0.328 e. The third-order valence-electron chi connectivity index (χ3n) is 8.73. The third-order valence-corrected chi connectivity index (χ3v) is 8.73. The number of unbranched alkanes of at least 4 members (excludes halogenated alkanes) is 14. The van der Waals surface area contributed by atoms with Crippen molar-refractivity contribution < 1.29 is 34.1 Å². The molecule has 0 heterocycles. The van der Waals surface area contributed by atoms with Crippen LogP contribution >= 0.6 is 0 Å². The van der Waals surface area contributed by atoms with E-state index in [2.05, 4.69) is 85.2 Å². The van der Waals surface area contributed by atoms with Crippen LogP contribution < -0.4 is 10.6 Å². The van der Waals surface area contributed by atoms with Gasteiger partial charge in [0.15, 0.2) is 0 Å². The van der Waals surface area contributed by atoms with Crippen LogP contribution in [0.3, 0.4) is 0 Å². The molecule has 0 aromatic heterocycles. The van der Waals surface area contributed by atoms with E-state index >= 15 is 0 Å². The molecule has 0 aliphatic carbocycles. The number of carbonyl (C=O) groups excluding carboxylic acids is 3. The molecule has 0 aromatic rings. The zero-order chi connectivity index (χ0) is 39.0. The summed E-state index contributed by atoms with van der Waals surface area (Å²) >= 11 is 0. The monoisotopic (exact) mass is 743 g/mol. The van der Waals surface area contributed by atoms with Crippen LogP contribution in [0.1, 0.15) is 168 Å². The summed E-state index contributed by atoms with van der Waals surface area (Å²) in [7, 11) is 0. The summed E-state index contributed by atoms with van der Waals surface area (Å²) in [6.45, 7) is 3.30. The number of hydrogen-bond donors (Lipinski definition) is 4. The standard InChI is InChI=1S/C44H74N2O7/c1-3-5-7-9-11-12-13-14-15-16-17-18-19-20-21-22-24-26-32-36-43(50)53-39(33-29-25-23-10-8-6-4-2)34-30-27-28-31-35-41(48)45-37-42(49)46-40(38-47)44(51)52/h5,7,11-12,14-15,17-18,29,33,39-40,47H,3-4,6,8-10,13,16,19-28,30-32,34-38H2,1-2H3,(H,45,48)(H,46,49)(H,51,52)/b7-5-,12-11-,15-14-,18-17-,33-29-. The van der Waals surface area contributed by atoms with Crippen molar-refractivity contribution in [1.29, 1.82) is 0 Å². The normalized spacial score (nSPS) is 13.1. The first kappa shape index (κ1) is 49.5. The lowest BCUT2D eigenvalue weighted by Crippen LogP contribution is -2.47. The number of carbonyl (C=O) groups is 4. The van der Waals surface area contributed by atoms with Gasteiger partial charge in [-0.3, -0.25) is 14.4 Å². The van der Waals surface area contributed by atoms with E-state index in [4.69, 9.17) is 14.9 Å². The molecule has 2 amide bonds. The molecule has 0 saturated carbocycles. The Labute approximate surface area is 321 Å². The molecule has 0 spiro atoms. The number of aliphatic hydroxyl groups excluding tert-OH is 1. The second-order valence-electron chi connectivity index (χ2n) is 13.7. The van der Waals surface area contributed by atoms with E-state index in [1.54, 1.807) is 0 Å². The molecule has 0 radical (unpaired) electrons. The van der Waals surface area contributed by atoms with Crippen molar-refractivity contribution in [2.24, 2.45) is 0 Å². The maximum atomic E-state index is 12.7. The molecular weight excluding hydrogens is 668 g/mol. The Balaban J connectivity index is 4.23. The van der Waals surface area contributed by atoms with Gasteiger partial charge in [0.1, 0.15) is 12.1 Å². The Bertz CT molecular complexity index is 1080. The number of carboxylic acids is 1. The van der Waals surface area contributed by atoms with Gasteiger partial charge in [-0.25, -0.2) is 4.79 Å². The Morgan fingerprint density at radius 3 is 1.74 bits per heavy atom. The van der Waals surface area contributed by atoms with E-state index < -0.39 is 24.5 Å². The first-order valence-corrected chi connectivity index (χ1v) is 20.7. The highest BCUT2D eigenvalue weighted by Crippen LogP contribution is 2.15. The predicted molar refractivity (Wildman–Crippen MR) is 217 cm³/mol. The van der Waals surface area contributed by atoms with Crippen molar-refractivity contribution in [3.8, 4) is 0 Å². The molecule has 2 atom stereocenters. The van der Waals surface area contributed by atoms with E-state index in [1.807, 2.05) is 0 Å². The quantitative estimate of drug-likeness (QED) is 0.0284. The number of esters is 1. The predicted octanol–water partition coefficient (Wildman–Crippen LogP) is 9.76. The average molecular weight is 743 g/mol. The summed E-state index contributed by atoms with van der Waals surface area (Å²) in [6, 6.07) is -1.39. The van der Waals surface area contributed by atoms with Gasteiger partial charge in [-0.1, -0.05) is 133 Å². The second kappa shape index (κ2) is 38.3. The SMILES string of the molecule is CC/C=C\C/C=C\C/C=C\C/C=C\CCCCCCCCC(=O)OC(/C=C\CCCCCCC)CCCCCCC(=O)NCC(=O)NC(CO)C(=O)O. The molecule has 0 aliphatic rings. The molecule has 4 N–H and O–H groups in total. The average Bonchev–Trinajstić information content (AvgIpc) is 3.14. The van der Waals surface area contributed by atoms with Crippen LogP contribution in [-0.2, 0) is 23.9 Å². The molecule has 0 aliphatic heterocycles. The summed E-state index contributed by atoms with van der Waals surface area (Å²) < 4.78 is 5.88. The summed E-state index contributed by atoms with van der Waals surface area (Å²) in [5.74, 6) is -2.42. The Hall–Kier alpha value is -3.46. The van der Waals surface area contributed by atoms with E-state index in [1.165, 1.54) is 44.9 Å². The zero-order valence-electron chi connectivity index (χ0n) is 33.2. The highest BCUT2D eigenvalue weighted by atomic mass is 16.5. The number of amides is 2. The number of ether oxygens (including phenoxy) is 1. The maximum absolute atomic E-state index is 12.7.